The van der Waals surface area contributed by atoms with Gasteiger partial charge in [0, 0.05) is 12.2 Å². The molecule has 7 nitrogen and oxygen atoms in total. The number of hydrogen-bond acceptors (Lipinski definition) is 5. The standard InChI is InChI=1S/C23H23FN2O5S2/c1-2-31-20-8-12-21(13-9-20)32(27,28)25-19-7-14-23-17(16-19)4-3-15-26(23)33(29,30)22-10-5-18(24)6-11-22/h5-14,16,25H,2-4,15H2,1H3. The van der Waals surface area contributed by atoms with Crippen LogP contribution in [0, 0.1) is 5.82 Å². The second-order valence-corrected chi connectivity index (χ2v) is 11.0. The van der Waals surface area contributed by atoms with Crippen LogP contribution in [0.25, 0.3) is 0 Å². The van der Waals surface area contributed by atoms with E-state index < -0.39 is 25.9 Å². The summed E-state index contributed by atoms with van der Waals surface area (Å²) >= 11 is 0. The molecule has 1 aliphatic heterocycles. The van der Waals surface area contributed by atoms with Crippen molar-refractivity contribution in [3.63, 3.8) is 0 Å². The molecule has 0 fully saturated rings. The topological polar surface area (TPSA) is 92.8 Å². The minimum atomic E-state index is -3.88. The minimum absolute atomic E-state index is 0.00275. The normalized spacial score (nSPS) is 13.9. The summed E-state index contributed by atoms with van der Waals surface area (Å²) in [5, 5.41) is 0. The average molecular weight is 491 g/mol. The van der Waals surface area contributed by atoms with Crippen LogP contribution in [0.3, 0.4) is 0 Å². The third-order valence-corrected chi connectivity index (χ3v) is 8.48. The first kappa shape index (κ1) is 23.1. The smallest absolute Gasteiger partial charge is 0.264 e. The second kappa shape index (κ2) is 9.03. The van der Waals surface area contributed by atoms with Gasteiger partial charge in [-0.2, -0.15) is 0 Å². The molecule has 10 heteroatoms. The molecular weight excluding hydrogens is 467 g/mol. The van der Waals surface area contributed by atoms with Crippen molar-refractivity contribution >= 4 is 31.4 Å². The van der Waals surface area contributed by atoms with Crippen LogP contribution in [-0.4, -0.2) is 30.0 Å². The Morgan fingerprint density at radius 3 is 2.27 bits per heavy atom. The van der Waals surface area contributed by atoms with Crippen molar-refractivity contribution in [3.8, 4) is 5.75 Å². The number of nitrogens with one attached hydrogen (secondary N) is 1. The summed E-state index contributed by atoms with van der Waals surface area (Å²) < 4.78 is 74.2. The molecule has 3 aromatic rings. The first-order valence-electron chi connectivity index (χ1n) is 10.4. The van der Waals surface area contributed by atoms with Gasteiger partial charge in [0.25, 0.3) is 20.0 Å². The molecule has 4 rings (SSSR count). The monoisotopic (exact) mass is 490 g/mol. The van der Waals surface area contributed by atoms with Crippen molar-refractivity contribution in [2.75, 3.05) is 22.2 Å². The number of sulfonamides is 2. The molecule has 0 spiro atoms. The van der Waals surface area contributed by atoms with Crippen molar-refractivity contribution in [2.24, 2.45) is 0 Å². The number of nitrogens with zero attached hydrogens (tertiary/aromatic N) is 1. The van der Waals surface area contributed by atoms with Crippen molar-refractivity contribution in [1.82, 2.24) is 0 Å². The number of ether oxygens (including phenoxy) is 1. The highest BCUT2D eigenvalue weighted by atomic mass is 32.2. The molecule has 174 valence electrons. The Morgan fingerprint density at radius 2 is 1.61 bits per heavy atom. The van der Waals surface area contributed by atoms with E-state index in [0.29, 0.717) is 42.1 Å². The summed E-state index contributed by atoms with van der Waals surface area (Å²) in [4.78, 5) is 0.0845. The van der Waals surface area contributed by atoms with Crippen LogP contribution in [-0.2, 0) is 26.5 Å². The second-order valence-electron chi connectivity index (χ2n) is 7.49. The number of rotatable bonds is 7. The van der Waals surface area contributed by atoms with Crippen molar-refractivity contribution < 1.29 is 26.0 Å². The fourth-order valence-electron chi connectivity index (χ4n) is 3.71. The Hall–Kier alpha value is -3.11. The van der Waals surface area contributed by atoms with Gasteiger partial charge in [0.05, 0.1) is 22.1 Å². The van der Waals surface area contributed by atoms with Crippen LogP contribution in [0.4, 0.5) is 15.8 Å². The average Bonchev–Trinajstić information content (AvgIpc) is 2.79. The quantitative estimate of drug-likeness (QED) is 0.537. The summed E-state index contributed by atoms with van der Waals surface area (Å²) in [6, 6.07) is 15.5. The molecule has 1 N–H and O–H groups in total. The molecule has 0 aromatic heterocycles. The van der Waals surface area contributed by atoms with Gasteiger partial charge in [-0.25, -0.2) is 21.2 Å². The molecule has 0 saturated carbocycles. The van der Waals surface area contributed by atoms with Crippen LogP contribution in [0.15, 0.2) is 76.5 Å². The van der Waals surface area contributed by atoms with Crippen LogP contribution >= 0.6 is 0 Å². The molecule has 0 saturated heterocycles. The number of aryl methyl sites for hydroxylation is 1. The van der Waals surface area contributed by atoms with Crippen molar-refractivity contribution in [2.45, 2.75) is 29.6 Å². The lowest BCUT2D eigenvalue weighted by Crippen LogP contribution is -2.35. The molecule has 0 radical (unpaired) electrons. The van der Waals surface area contributed by atoms with E-state index in [0.717, 1.165) is 12.1 Å². The van der Waals surface area contributed by atoms with E-state index in [-0.39, 0.29) is 16.3 Å². The molecule has 1 aliphatic rings. The fourth-order valence-corrected chi connectivity index (χ4v) is 6.30. The minimum Gasteiger partial charge on any atom is -0.494 e. The number of anilines is 2. The molecule has 0 amide bonds. The van der Waals surface area contributed by atoms with Crippen LogP contribution in [0.1, 0.15) is 18.9 Å². The van der Waals surface area contributed by atoms with Gasteiger partial charge in [0.1, 0.15) is 11.6 Å². The fraction of sp³-hybridized carbons (Fsp3) is 0.217. The number of halogens is 1. The Labute approximate surface area is 192 Å². The molecular formula is C23H23FN2O5S2. The van der Waals surface area contributed by atoms with Gasteiger partial charge in [0.15, 0.2) is 0 Å². The van der Waals surface area contributed by atoms with Gasteiger partial charge in [-0.3, -0.25) is 9.03 Å². The van der Waals surface area contributed by atoms with Gasteiger partial charge in [0.2, 0.25) is 0 Å². The zero-order valence-electron chi connectivity index (χ0n) is 17.9. The maximum atomic E-state index is 13.2. The third kappa shape index (κ3) is 4.81. The molecule has 1 heterocycles. The highest BCUT2D eigenvalue weighted by Gasteiger charge is 2.29. The van der Waals surface area contributed by atoms with Gasteiger partial charge >= 0.3 is 0 Å². The number of hydrogen-bond donors (Lipinski definition) is 1. The summed E-state index contributed by atoms with van der Waals surface area (Å²) in [5.74, 6) is 0.0603. The van der Waals surface area contributed by atoms with E-state index in [1.807, 2.05) is 6.92 Å². The Kier molecular flexibility index (Phi) is 6.31. The van der Waals surface area contributed by atoms with Gasteiger partial charge < -0.3 is 4.74 Å². The maximum absolute atomic E-state index is 13.2. The van der Waals surface area contributed by atoms with E-state index in [4.69, 9.17) is 4.74 Å². The molecule has 3 aromatic carbocycles. The van der Waals surface area contributed by atoms with E-state index in [1.165, 1.54) is 34.6 Å². The highest BCUT2D eigenvalue weighted by molar-refractivity contribution is 7.93. The van der Waals surface area contributed by atoms with Crippen molar-refractivity contribution in [1.29, 1.82) is 0 Å². The predicted molar refractivity (Wildman–Crippen MR) is 124 cm³/mol. The van der Waals surface area contributed by atoms with Gasteiger partial charge in [-0.05, 0) is 92.1 Å². The van der Waals surface area contributed by atoms with Gasteiger partial charge in [-0.1, -0.05) is 0 Å². The van der Waals surface area contributed by atoms with Crippen molar-refractivity contribution in [3.05, 3.63) is 78.1 Å². The first-order chi connectivity index (χ1) is 15.7. The Bertz CT molecular complexity index is 1360. The lowest BCUT2D eigenvalue weighted by Gasteiger charge is -2.31. The predicted octanol–water partition coefficient (Wildman–Crippen LogP) is 4.17. The summed E-state index contributed by atoms with van der Waals surface area (Å²) in [6.07, 6.45) is 1.17. The number of benzene rings is 3. The largest absolute Gasteiger partial charge is 0.494 e. The van der Waals surface area contributed by atoms with E-state index in [2.05, 4.69) is 4.72 Å². The molecule has 0 bridgehead atoms. The van der Waals surface area contributed by atoms with Crippen LogP contribution in [0.2, 0.25) is 0 Å². The molecule has 0 atom stereocenters. The molecule has 0 unspecified atom stereocenters. The van der Waals surface area contributed by atoms with Gasteiger partial charge in [-0.15, -0.1) is 0 Å². The summed E-state index contributed by atoms with van der Waals surface area (Å²) in [5.41, 5.74) is 1.53. The molecule has 0 aliphatic carbocycles. The zero-order chi connectivity index (χ0) is 23.6. The maximum Gasteiger partial charge on any atom is 0.264 e. The Balaban J connectivity index is 1.60. The lowest BCUT2D eigenvalue weighted by atomic mass is 10.0. The molecule has 33 heavy (non-hydrogen) atoms. The van der Waals surface area contributed by atoms with E-state index in [9.17, 15) is 21.2 Å². The highest BCUT2D eigenvalue weighted by Crippen LogP contribution is 2.34. The van der Waals surface area contributed by atoms with E-state index in [1.54, 1.807) is 24.3 Å². The van der Waals surface area contributed by atoms with E-state index >= 15 is 0 Å². The lowest BCUT2D eigenvalue weighted by molar-refractivity contribution is 0.340. The third-order valence-electron chi connectivity index (χ3n) is 5.25. The number of fused-ring (bicyclic) bond motifs is 1. The Morgan fingerprint density at radius 1 is 0.939 bits per heavy atom. The SMILES string of the molecule is CCOc1ccc(S(=O)(=O)Nc2ccc3c(c2)CCCN3S(=O)(=O)c2ccc(F)cc2)cc1. The van der Waals surface area contributed by atoms with Crippen LogP contribution < -0.4 is 13.8 Å². The summed E-state index contributed by atoms with van der Waals surface area (Å²) in [6.45, 7) is 2.60. The zero-order valence-corrected chi connectivity index (χ0v) is 19.5. The summed E-state index contributed by atoms with van der Waals surface area (Å²) in [7, 11) is -7.71. The first-order valence-corrected chi connectivity index (χ1v) is 13.3. The van der Waals surface area contributed by atoms with Crippen LogP contribution in [0.5, 0.6) is 5.75 Å².